The first kappa shape index (κ1) is 14.1. The fraction of sp³-hybridized carbons (Fsp3) is 0.333. The van der Waals surface area contributed by atoms with Crippen LogP contribution in [0.3, 0.4) is 0 Å². The van der Waals surface area contributed by atoms with Crippen LogP contribution in [-0.2, 0) is 6.54 Å². The molecular weight excluding hydrogens is 260 g/mol. The second-order valence-electron chi connectivity index (χ2n) is 4.70. The van der Waals surface area contributed by atoms with Gasteiger partial charge in [0, 0.05) is 17.6 Å². The highest BCUT2D eigenvalue weighted by atomic mass is 35.5. The first-order chi connectivity index (χ1) is 9.11. The number of rotatable bonds is 5. The molecule has 0 aliphatic heterocycles. The smallest absolute Gasteiger partial charge is 0.118 e. The lowest BCUT2D eigenvalue weighted by atomic mass is 10.1. The summed E-state index contributed by atoms with van der Waals surface area (Å²) < 4.78 is 5.60. The molecular formula is C15H19ClN2O. The number of likely N-dealkylation sites (N-methyl/N-ethyl adjacent to an activating group) is 1. The molecule has 0 radical (unpaired) electrons. The number of aryl methyl sites for hydroxylation is 1. The Balaban J connectivity index is 2.15. The minimum Gasteiger partial charge on any atom is -0.465 e. The fourth-order valence-corrected chi connectivity index (χ4v) is 2.48. The quantitative estimate of drug-likeness (QED) is 0.912. The van der Waals surface area contributed by atoms with Crippen molar-refractivity contribution in [1.29, 1.82) is 0 Å². The van der Waals surface area contributed by atoms with Gasteiger partial charge < -0.3 is 10.2 Å². The average Bonchev–Trinajstić information content (AvgIpc) is 2.78. The second kappa shape index (κ2) is 6.24. The second-order valence-corrected chi connectivity index (χ2v) is 5.11. The maximum atomic E-state index is 6.24. The number of nitrogens with two attached hydrogens (primary N) is 1. The standard InChI is InChI=1S/C15H19ClN2O/c1-11-7-8-12(19-11)10-18(2)15(9-17)13-5-3-4-6-14(13)16/h3-8,15H,9-10,17H2,1-2H3. The molecule has 0 aliphatic carbocycles. The van der Waals surface area contributed by atoms with Crippen molar-refractivity contribution < 1.29 is 4.42 Å². The molecule has 2 aromatic rings. The molecule has 4 heteroatoms. The van der Waals surface area contributed by atoms with Gasteiger partial charge in [-0.25, -0.2) is 0 Å². The summed E-state index contributed by atoms with van der Waals surface area (Å²) in [6, 6.07) is 11.9. The van der Waals surface area contributed by atoms with Gasteiger partial charge in [-0.3, -0.25) is 4.90 Å². The van der Waals surface area contributed by atoms with Crippen LogP contribution in [0.25, 0.3) is 0 Å². The molecule has 2 N–H and O–H groups in total. The van der Waals surface area contributed by atoms with Gasteiger partial charge in [0.05, 0.1) is 6.54 Å². The van der Waals surface area contributed by atoms with Crippen molar-refractivity contribution in [2.45, 2.75) is 19.5 Å². The van der Waals surface area contributed by atoms with E-state index in [4.69, 9.17) is 21.8 Å². The van der Waals surface area contributed by atoms with E-state index in [1.807, 2.05) is 50.4 Å². The van der Waals surface area contributed by atoms with Crippen LogP contribution in [0.5, 0.6) is 0 Å². The number of hydrogen-bond donors (Lipinski definition) is 1. The summed E-state index contributed by atoms with van der Waals surface area (Å²) in [5.74, 6) is 1.86. The molecule has 0 bridgehead atoms. The minimum absolute atomic E-state index is 0.0825. The summed E-state index contributed by atoms with van der Waals surface area (Å²) >= 11 is 6.24. The van der Waals surface area contributed by atoms with Gasteiger partial charge in [-0.2, -0.15) is 0 Å². The molecule has 0 amide bonds. The first-order valence-electron chi connectivity index (χ1n) is 6.32. The zero-order chi connectivity index (χ0) is 13.8. The third-order valence-electron chi connectivity index (χ3n) is 3.22. The predicted octanol–water partition coefficient (Wildman–Crippen LogP) is 3.37. The van der Waals surface area contributed by atoms with Crippen molar-refractivity contribution >= 4 is 11.6 Å². The SMILES string of the molecule is Cc1ccc(CN(C)C(CN)c2ccccc2Cl)o1. The molecule has 1 aromatic carbocycles. The Morgan fingerprint density at radius 2 is 2.00 bits per heavy atom. The lowest BCUT2D eigenvalue weighted by Gasteiger charge is -2.27. The van der Waals surface area contributed by atoms with Crippen molar-refractivity contribution in [2.75, 3.05) is 13.6 Å². The number of hydrogen-bond acceptors (Lipinski definition) is 3. The Kier molecular flexibility index (Phi) is 4.64. The molecule has 0 saturated heterocycles. The molecule has 0 saturated carbocycles. The van der Waals surface area contributed by atoms with Gasteiger partial charge in [0.1, 0.15) is 11.5 Å². The van der Waals surface area contributed by atoms with Gasteiger partial charge in [0.25, 0.3) is 0 Å². The van der Waals surface area contributed by atoms with E-state index in [0.29, 0.717) is 13.1 Å². The van der Waals surface area contributed by atoms with Crippen molar-refractivity contribution in [3.05, 3.63) is 58.5 Å². The van der Waals surface area contributed by atoms with E-state index in [-0.39, 0.29) is 6.04 Å². The van der Waals surface area contributed by atoms with Crippen LogP contribution in [0.1, 0.15) is 23.1 Å². The van der Waals surface area contributed by atoms with E-state index in [1.54, 1.807) is 0 Å². The molecule has 1 heterocycles. The van der Waals surface area contributed by atoms with E-state index in [0.717, 1.165) is 22.1 Å². The van der Waals surface area contributed by atoms with Crippen LogP contribution >= 0.6 is 11.6 Å². The van der Waals surface area contributed by atoms with Crippen molar-refractivity contribution in [3.8, 4) is 0 Å². The minimum atomic E-state index is 0.0825. The van der Waals surface area contributed by atoms with E-state index in [1.165, 1.54) is 0 Å². The number of benzene rings is 1. The Morgan fingerprint density at radius 1 is 1.26 bits per heavy atom. The van der Waals surface area contributed by atoms with Gasteiger partial charge in [-0.1, -0.05) is 29.8 Å². The van der Waals surface area contributed by atoms with Crippen LogP contribution in [0.2, 0.25) is 5.02 Å². The summed E-state index contributed by atoms with van der Waals surface area (Å²) in [7, 11) is 2.03. The van der Waals surface area contributed by atoms with Crippen LogP contribution in [-0.4, -0.2) is 18.5 Å². The first-order valence-corrected chi connectivity index (χ1v) is 6.69. The third-order valence-corrected chi connectivity index (χ3v) is 3.57. The summed E-state index contributed by atoms with van der Waals surface area (Å²) in [5.41, 5.74) is 6.96. The maximum Gasteiger partial charge on any atom is 0.118 e. The summed E-state index contributed by atoms with van der Waals surface area (Å²) in [5, 5.41) is 0.750. The zero-order valence-corrected chi connectivity index (χ0v) is 12.0. The Labute approximate surface area is 119 Å². The molecule has 19 heavy (non-hydrogen) atoms. The van der Waals surface area contributed by atoms with Gasteiger partial charge in [-0.15, -0.1) is 0 Å². The predicted molar refractivity (Wildman–Crippen MR) is 78.2 cm³/mol. The van der Waals surface area contributed by atoms with Crippen molar-refractivity contribution in [3.63, 3.8) is 0 Å². The number of furan rings is 1. The number of halogens is 1. The normalized spacial score (nSPS) is 12.9. The highest BCUT2D eigenvalue weighted by molar-refractivity contribution is 6.31. The van der Waals surface area contributed by atoms with Crippen molar-refractivity contribution in [1.82, 2.24) is 4.90 Å². The van der Waals surface area contributed by atoms with Crippen molar-refractivity contribution in [2.24, 2.45) is 5.73 Å². The maximum absolute atomic E-state index is 6.24. The molecule has 1 aromatic heterocycles. The molecule has 1 atom stereocenters. The highest BCUT2D eigenvalue weighted by Crippen LogP contribution is 2.27. The Bertz CT molecular complexity index is 538. The highest BCUT2D eigenvalue weighted by Gasteiger charge is 2.18. The van der Waals surface area contributed by atoms with Crippen LogP contribution in [0.15, 0.2) is 40.8 Å². The summed E-state index contributed by atoms with van der Waals surface area (Å²) in [6.45, 7) is 3.17. The largest absolute Gasteiger partial charge is 0.465 e. The van der Waals surface area contributed by atoms with Crippen LogP contribution in [0, 0.1) is 6.92 Å². The summed E-state index contributed by atoms with van der Waals surface area (Å²) in [4.78, 5) is 2.15. The number of nitrogens with zero attached hydrogens (tertiary/aromatic N) is 1. The monoisotopic (exact) mass is 278 g/mol. The summed E-state index contributed by atoms with van der Waals surface area (Å²) in [6.07, 6.45) is 0. The molecule has 0 fully saturated rings. The molecule has 1 unspecified atom stereocenters. The fourth-order valence-electron chi connectivity index (χ4n) is 2.22. The molecule has 3 nitrogen and oxygen atoms in total. The molecule has 0 aliphatic rings. The van der Waals surface area contributed by atoms with E-state index in [2.05, 4.69) is 4.90 Å². The lowest BCUT2D eigenvalue weighted by Crippen LogP contribution is -2.30. The van der Waals surface area contributed by atoms with E-state index >= 15 is 0 Å². The van der Waals surface area contributed by atoms with Gasteiger partial charge in [-0.05, 0) is 37.7 Å². The zero-order valence-electron chi connectivity index (χ0n) is 11.3. The van der Waals surface area contributed by atoms with Crippen LogP contribution < -0.4 is 5.73 Å². The van der Waals surface area contributed by atoms with Gasteiger partial charge in [0.15, 0.2) is 0 Å². The lowest BCUT2D eigenvalue weighted by molar-refractivity contribution is 0.222. The third kappa shape index (κ3) is 3.38. The molecule has 102 valence electrons. The topological polar surface area (TPSA) is 42.4 Å². The Hall–Kier alpha value is -1.29. The van der Waals surface area contributed by atoms with E-state index < -0.39 is 0 Å². The van der Waals surface area contributed by atoms with Gasteiger partial charge >= 0.3 is 0 Å². The molecule has 0 spiro atoms. The Morgan fingerprint density at radius 3 is 2.58 bits per heavy atom. The molecule has 2 rings (SSSR count). The van der Waals surface area contributed by atoms with E-state index in [9.17, 15) is 0 Å². The average molecular weight is 279 g/mol. The van der Waals surface area contributed by atoms with Gasteiger partial charge in [0.2, 0.25) is 0 Å². The van der Waals surface area contributed by atoms with Crippen LogP contribution in [0.4, 0.5) is 0 Å².